The van der Waals surface area contributed by atoms with Gasteiger partial charge in [-0.25, -0.2) is 0 Å². The van der Waals surface area contributed by atoms with Crippen LogP contribution in [0.2, 0.25) is 0 Å². The Balaban J connectivity index is 1.09. The third-order valence-electron chi connectivity index (χ3n) is 5.88. The second kappa shape index (κ2) is 13.1. The molecule has 0 aliphatic rings. The van der Waals surface area contributed by atoms with E-state index in [0.29, 0.717) is 26.1 Å². The fourth-order valence-corrected chi connectivity index (χ4v) is 3.90. The van der Waals surface area contributed by atoms with Crippen molar-refractivity contribution in [1.82, 2.24) is 0 Å². The van der Waals surface area contributed by atoms with Crippen molar-refractivity contribution in [1.29, 1.82) is 0 Å². The lowest BCUT2D eigenvalue weighted by Gasteiger charge is -2.08. The van der Waals surface area contributed by atoms with Gasteiger partial charge in [0.25, 0.3) is 0 Å². The first kappa shape index (κ1) is 24.9. The third kappa shape index (κ3) is 7.67. The maximum atomic E-state index is 12.1. The zero-order valence-electron chi connectivity index (χ0n) is 20.3. The molecule has 0 atom stereocenters. The monoisotopic (exact) mass is 478 g/mol. The summed E-state index contributed by atoms with van der Waals surface area (Å²) in [6.07, 6.45) is 1.79. The van der Waals surface area contributed by atoms with Crippen molar-refractivity contribution in [2.24, 2.45) is 0 Å². The van der Waals surface area contributed by atoms with Gasteiger partial charge in [0.2, 0.25) is 0 Å². The standard InChI is InChI=1S/C32H30O4/c33-31(23-25-13-17-29(18-14-25)27-9-3-1-4-10-27)35-21-7-8-22-36-32(34)24-26-15-19-30(20-16-26)28-11-5-2-6-12-28/h1-6,9-20H,7-8,21-24H2. The molecule has 0 bridgehead atoms. The fourth-order valence-electron chi connectivity index (χ4n) is 3.90. The van der Waals surface area contributed by atoms with Gasteiger partial charge in [0.05, 0.1) is 26.1 Å². The molecule has 0 unspecified atom stereocenters. The van der Waals surface area contributed by atoms with Crippen molar-refractivity contribution in [3.63, 3.8) is 0 Å². The Morgan fingerprint density at radius 3 is 1.14 bits per heavy atom. The predicted molar refractivity (Wildman–Crippen MR) is 142 cm³/mol. The highest BCUT2D eigenvalue weighted by atomic mass is 16.5. The molecule has 182 valence electrons. The fraction of sp³-hybridized carbons (Fsp3) is 0.188. The second-order valence-corrected chi connectivity index (χ2v) is 8.63. The summed E-state index contributed by atoms with van der Waals surface area (Å²) in [5, 5.41) is 0. The first-order valence-electron chi connectivity index (χ1n) is 12.3. The molecule has 0 amide bonds. The number of benzene rings is 4. The summed E-state index contributed by atoms with van der Waals surface area (Å²) in [5.41, 5.74) is 6.37. The van der Waals surface area contributed by atoms with Gasteiger partial charge >= 0.3 is 11.9 Å². The largest absolute Gasteiger partial charge is 0.465 e. The van der Waals surface area contributed by atoms with Crippen LogP contribution in [0.4, 0.5) is 0 Å². The van der Waals surface area contributed by atoms with Crippen LogP contribution >= 0.6 is 0 Å². The summed E-state index contributed by atoms with van der Waals surface area (Å²) >= 11 is 0. The number of ether oxygens (including phenoxy) is 2. The molecule has 4 aromatic carbocycles. The van der Waals surface area contributed by atoms with Crippen molar-refractivity contribution in [2.75, 3.05) is 13.2 Å². The summed E-state index contributed by atoms with van der Waals surface area (Å²) in [6, 6.07) is 36.1. The first-order valence-corrected chi connectivity index (χ1v) is 12.3. The number of rotatable bonds is 11. The Hall–Kier alpha value is -4.18. The molecule has 0 aliphatic heterocycles. The quantitative estimate of drug-likeness (QED) is 0.178. The maximum Gasteiger partial charge on any atom is 0.310 e. The van der Waals surface area contributed by atoms with Crippen LogP contribution in [0.5, 0.6) is 0 Å². The van der Waals surface area contributed by atoms with Gasteiger partial charge in [-0.2, -0.15) is 0 Å². The topological polar surface area (TPSA) is 52.6 Å². The van der Waals surface area contributed by atoms with E-state index in [2.05, 4.69) is 24.3 Å². The normalized spacial score (nSPS) is 10.6. The molecule has 0 spiro atoms. The van der Waals surface area contributed by atoms with Gasteiger partial charge in [0.1, 0.15) is 0 Å². The van der Waals surface area contributed by atoms with Gasteiger partial charge in [-0.1, -0.05) is 109 Å². The SMILES string of the molecule is O=C(Cc1ccc(-c2ccccc2)cc1)OCCCCOC(=O)Cc1ccc(-c2ccccc2)cc1. The summed E-state index contributed by atoms with van der Waals surface area (Å²) < 4.78 is 10.7. The van der Waals surface area contributed by atoms with Crippen LogP contribution in [0.1, 0.15) is 24.0 Å². The van der Waals surface area contributed by atoms with E-state index in [1.165, 1.54) is 0 Å². The van der Waals surface area contributed by atoms with Gasteiger partial charge < -0.3 is 9.47 Å². The average Bonchev–Trinajstić information content (AvgIpc) is 2.92. The zero-order valence-corrected chi connectivity index (χ0v) is 20.3. The number of hydrogen-bond donors (Lipinski definition) is 0. The summed E-state index contributed by atoms with van der Waals surface area (Å²) in [5.74, 6) is -0.503. The Morgan fingerprint density at radius 2 is 0.778 bits per heavy atom. The molecule has 0 heterocycles. The van der Waals surface area contributed by atoms with Crippen LogP contribution in [-0.4, -0.2) is 25.2 Å². The zero-order chi connectivity index (χ0) is 25.0. The number of carbonyl (C=O) groups excluding carboxylic acids is 2. The van der Waals surface area contributed by atoms with E-state index in [1.54, 1.807) is 0 Å². The predicted octanol–water partition coefficient (Wildman–Crippen LogP) is 6.67. The van der Waals surface area contributed by atoms with Crippen LogP contribution in [-0.2, 0) is 31.9 Å². The van der Waals surface area contributed by atoms with E-state index >= 15 is 0 Å². The van der Waals surface area contributed by atoms with Crippen molar-refractivity contribution >= 4 is 11.9 Å². The lowest BCUT2D eigenvalue weighted by atomic mass is 10.0. The van der Waals surface area contributed by atoms with E-state index in [0.717, 1.165) is 33.4 Å². The summed E-state index contributed by atoms with van der Waals surface area (Å²) in [7, 11) is 0. The lowest BCUT2D eigenvalue weighted by molar-refractivity contribution is -0.145. The number of hydrogen-bond acceptors (Lipinski definition) is 4. The van der Waals surface area contributed by atoms with Gasteiger partial charge in [-0.15, -0.1) is 0 Å². The second-order valence-electron chi connectivity index (χ2n) is 8.63. The first-order chi connectivity index (χ1) is 17.7. The minimum atomic E-state index is -0.251. The minimum Gasteiger partial charge on any atom is -0.465 e. The van der Waals surface area contributed by atoms with Gasteiger partial charge in [0, 0.05) is 0 Å². The summed E-state index contributed by atoms with van der Waals surface area (Å²) in [6.45, 7) is 0.638. The maximum absolute atomic E-state index is 12.1. The molecular weight excluding hydrogens is 448 g/mol. The average molecular weight is 479 g/mol. The molecule has 4 aromatic rings. The molecule has 0 fully saturated rings. The van der Waals surface area contributed by atoms with Gasteiger partial charge in [-0.3, -0.25) is 9.59 Å². The van der Waals surface area contributed by atoms with Crippen molar-refractivity contribution < 1.29 is 19.1 Å². The Kier molecular flexibility index (Phi) is 9.04. The van der Waals surface area contributed by atoms with Crippen molar-refractivity contribution in [3.05, 3.63) is 120 Å². The minimum absolute atomic E-state index is 0.243. The molecule has 0 saturated heterocycles. The molecule has 4 heteroatoms. The van der Waals surface area contributed by atoms with Gasteiger partial charge in [-0.05, 0) is 46.2 Å². The molecule has 0 aromatic heterocycles. The van der Waals surface area contributed by atoms with E-state index in [-0.39, 0.29) is 24.8 Å². The Labute approximate surface area is 212 Å². The third-order valence-corrected chi connectivity index (χ3v) is 5.88. The van der Waals surface area contributed by atoms with Crippen LogP contribution in [0, 0.1) is 0 Å². The highest BCUT2D eigenvalue weighted by Crippen LogP contribution is 2.20. The molecular formula is C32H30O4. The highest BCUT2D eigenvalue weighted by Gasteiger charge is 2.08. The molecule has 0 N–H and O–H groups in total. The molecule has 0 radical (unpaired) electrons. The lowest BCUT2D eigenvalue weighted by Crippen LogP contribution is -2.11. The van der Waals surface area contributed by atoms with E-state index < -0.39 is 0 Å². The molecule has 36 heavy (non-hydrogen) atoms. The number of esters is 2. The number of unbranched alkanes of at least 4 members (excludes halogenated alkanes) is 1. The van der Waals surface area contributed by atoms with Crippen LogP contribution < -0.4 is 0 Å². The van der Waals surface area contributed by atoms with Crippen LogP contribution in [0.25, 0.3) is 22.3 Å². The van der Waals surface area contributed by atoms with Crippen LogP contribution in [0.3, 0.4) is 0 Å². The highest BCUT2D eigenvalue weighted by molar-refractivity contribution is 5.74. The van der Waals surface area contributed by atoms with Crippen LogP contribution in [0.15, 0.2) is 109 Å². The smallest absolute Gasteiger partial charge is 0.310 e. The molecule has 4 nitrogen and oxygen atoms in total. The van der Waals surface area contributed by atoms with E-state index in [9.17, 15) is 9.59 Å². The van der Waals surface area contributed by atoms with Crippen molar-refractivity contribution in [3.8, 4) is 22.3 Å². The molecule has 0 saturated carbocycles. The van der Waals surface area contributed by atoms with Gasteiger partial charge in [0.15, 0.2) is 0 Å². The number of carbonyl (C=O) groups is 2. The molecule has 4 rings (SSSR count). The Morgan fingerprint density at radius 1 is 0.444 bits per heavy atom. The molecule has 0 aliphatic carbocycles. The van der Waals surface area contributed by atoms with Crippen molar-refractivity contribution in [2.45, 2.75) is 25.7 Å². The summed E-state index contributed by atoms with van der Waals surface area (Å²) in [4.78, 5) is 24.2. The van der Waals surface area contributed by atoms with E-state index in [4.69, 9.17) is 9.47 Å². The Bertz CT molecular complexity index is 1130. The van der Waals surface area contributed by atoms with E-state index in [1.807, 2.05) is 84.9 Å².